The van der Waals surface area contributed by atoms with Gasteiger partial charge in [0.2, 0.25) is 18.6 Å². The SMILES string of the molecule is O=C1NC(=O)N(Cc2ccc(F)cc2)C(=O)[C@@H]1C=NCc1ccc2c(c1)OCO2. The number of aliphatic imine (C=N–C) groups is 1. The van der Waals surface area contributed by atoms with E-state index in [4.69, 9.17) is 9.47 Å². The Morgan fingerprint density at radius 1 is 1.07 bits per heavy atom. The van der Waals surface area contributed by atoms with Gasteiger partial charge in [-0.1, -0.05) is 18.2 Å². The second-order valence-corrected chi connectivity index (χ2v) is 6.50. The van der Waals surface area contributed by atoms with Crippen LogP contribution in [0.3, 0.4) is 0 Å². The van der Waals surface area contributed by atoms with Crippen molar-refractivity contribution in [3.05, 3.63) is 59.4 Å². The van der Waals surface area contributed by atoms with Crippen molar-refractivity contribution in [1.82, 2.24) is 10.2 Å². The van der Waals surface area contributed by atoms with Gasteiger partial charge in [-0.15, -0.1) is 0 Å². The summed E-state index contributed by atoms with van der Waals surface area (Å²) in [5, 5.41) is 2.15. The molecule has 1 N–H and O–H groups in total. The third kappa shape index (κ3) is 3.93. The number of amides is 4. The predicted octanol–water partition coefficient (Wildman–Crippen LogP) is 2.02. The molecule has 0 radical (unpaired) electrons. The number of carbonyl (C=O) groups excluding carboxylic acids is 3. The molecule has 9 heteroatoms. The lowest BCUT2D eigenvalue weighted by atomic mass is 10.1. The van der Waals surface area contributed by atoms with Gasteiger partial charge in [-0.25, -0.2) is 9.18 Å². The standard InChI is InChI=1S/C20H16FN3O5/c21-14-4-1-12(2-5-14)10-24-19(26)15(18(25)23-20(24)27)9-22-8-13-3-6-16-17(7-13)29-11-28-16/h1-7,9,15H,8,10-11H2,(H,23,25,27)/t15-/m1/s1. The summed E-state index contributed by atoms with van der Waals surface area (Å²) in [6.07, 6.45) is 1.23. The van der Waals surface area contributed by atoms with Gasteiger partial charge in [0.15, 0.2) is 17.4 Å². The van der Waals surface area contributed by atoms with Crippen molar-refractivity contribution < 1.29 is 28.2 Å². The molecule has 2 heterocycles. The van der Waals surface area contributed by atoms with Gasteiger partial charge in [-0.2, -0.15) is 0 Å². The van der Waals surface area contributed by atoms with Gasteiger partial charge in [-0.05, 0) is 35.4 Å². The number of benzene rings is 2. The first kappa shape index (κ1) is 18.6. The Morgan fingerprint density at radius 2 is 1.79 bits per heavy atom. The number of nitrogens with zero attached hydrogens (tertiary/aromatic N) is 2. The molecule has 0 spiro atoms. The van der Waals surface area contributed by atoms with Crippen molar-refractivity contribution in [2.24, 2.45) is 10.9 Å². The lowest BCUT2D eigenvalue weighted by molar-refractivity contribution is -0.139. The van der Waals surface area contributed by atoms with Crippen LogP contribution in [0, 0.1) is 11.7 Å². The van der Waals surface area contributed by atoms with Gasteiger partial charge in [-0.3, -0.25) is 24.8 Å². The molecule has 0 aromatic heterocycles. The number of halogens is 1. The first-order valence-electron chi connectivity index (χ1n) is 8.80. The van der Waals surface area contributed by atoms with Crippen molar-refractivity contribution in [3.63, 3.8) is 0 Å². The predicted molar refractivity (Wildman–Crippen MR) is 98.7 cm³/mol. The molecule has 1 atom stereocenters. The van der Waals surface area contributed by atoms with E-state index >= 15 is 0 Å². The number of urea groups is 1. The normalized spacial score (nSPS) is 18.4. The topological polar surface area (TPSA) is 97.3 Å². The molecule has 148 valence electrons. The fraction of sp³-hybridized carbons (Fsp3) is 0.200. The Bertz CT molecular complexity index is 1010. The van der Waals surface area contributed by atoms with Crippen LogP contribution < -0.4 is 14.8 Å². The Hall–Kier alpha value is -3.75. The second kappa shape index (κ2) is 7.70. The number of rotatable bonds is 5. The summed E-state index contributed by atoms with van der Waals surface area (Å²) in [5.74, 6) is -1.80. The van der Waals surface area contributed by atoms with Gasteiger partial charge >= 0.3 is 6.03 Å². The first-order chi connectivity index (χ1) is 14.0. The summed E-state index contributed by atoms with van der Waals surface area (Å²) >= 11 is 0. The van der Waals surface area contributed by atoms with Crippen LogP contribution in [0.2, 0.25) is 0 Å². The highest BCUT2D eigenvalue weighted by Crippen LogP contribution is 2.32. The number of hydrogen-bond acceptors (Lipinski definition) is 6. The average molecular weight is 397 g/mol. The monoisotopic (exact) mass is 397 g/mol. The number of carbonyl (C=O) groups is 3. The minimum atomic E-state index is -1.22. The second-order valence-electron chi connectivity index (χ2n) is 6.50. The van der Waals surface area contributed by atoms with E-state index < -0.39 is 29.6 Å². The highest BCUT2D eigenvalue weighted by molar-refractivity contribution is 6.23. The summed E-state index contributed by atoms with van der Waals surface area (Å²) in [6, 6.07) is 9.92. The molecule has 1 saturated heterocycles. The molecule has 0 unspecified atom stereocenters. The average Bonchev–Trinajstić information content (AvgIpc) is 3.17. The number of barbiturate groups is 1. The molecule has 2 aromatic rings. The van der Waals surface area contributed by atoms with Gasteiger partial charge in [0, 0.05) is 6.21 Å². The molecular formula is C20H16FN3O5. The van der Waals surface area contributed by atoms with E-state index in [-0.39, 0.29) is 19.9 Å². The van der Waals surface area contributed by atoms with Gasteiger partial charge in [0.1, 0.15) is 5.82 Å². The van der Waals surface area contributed by atoms with Crippen molar-refractivity contribution >= 4 is 24.1 Å². The van der Waals surface area contributed by atoms with Crippen LogP contribution in [0.4, 0.5) is 9.18 Å². The molecule has 0 saturated carbocycles. The van der Waals surface area contributed by atoms with Gasteiger partial charge in [0.25, 0.3) is 0 Å². The largest absolute Gasteiger partial charge is 0.454 e. The van der Waals surface area contributed by atoms with E-state index in [0.29, 0.717) is 17.1 Å². The molecule has 29 heavy (non-hydrogen) atoms. The Labute approximate surface area is 164 Å². The Balaban J connectivity index is 1.45. The maximum Gasteiger partial charge on any atom is 0.331 e. The lowest BCUT2D eigenvalue weighted by Crippen LogP contribution is -2.57. The van der Waals surface area contributed by atoms with Crippen LogP contribution in [0.5, 0.6) is 11.5 Å². The fourth-order valence-corrected chi connectivity index (χ4v) is 2.99. The van der Waals surface area contributed by atoms with E-state index in [1.165, 1.54) is 30.5 Å². The molecule has 2 aliphatic rings. The van der Waals surface area contributed by atoms with Gasteiger partial charge < -0.3 is 9.47 Å². The zero-order valence-corrected chi connectivity index (χ0v) is 15.1. The molecule has 4 rings (SSSR count). The first-order valence-corrected chi connectivity index (χ1v) is 8.80. The third-order valence-electron chi connectivity index (χ3n) is 4.51. The van der Waals surface area contributed by atoms with Crippen molar-refractivity contribution in [2.45, 2.75) is 13.1 Å². The Morgan fingerprint density at radius 3 is 2.59 bits per heavy atom. The van der Waals surface area contributed by atoms with Gasteiger partial charge in [0.05, 0.1) is 13.1 Å². The maximum absolute atomic E-state index is 13.0. The molecule has 0 bridgehead atoms. The van der Waals surface area contributed by atoms with Crippen LogP contribution >= 0.6 is 0 Å². The summed E-state index contributed by atoms with van der Waals surface area (Å²) < 4.78 is 23.6. The van der Waals surface area contributed by atoms with Crippen LogP contribution in [0.25, 0.3) is 0 Å². The lowest BCUT2D eigenvalue weighted by Gasteiger charge is -2.28. The summed E-state index contributed by atoms with van der Waals surface area (Å²) in [7, 11) is 0. The highest BCUT2D eigenvalue weighted by atomic mass is 19.1. The highest BCUT2D eigenvalue weighted by Gasteiger charge is 2.39. The number of imide groups is 2. The van der Waals surface area contributed by atoms with Crippen molar-refractivity contribution in [1.29, 1.82) is 0 Å². The van der Waals surface area contributed by atoms with Crippen LogP contribution in [0.1, 0.15) is 11.1 Å². The number of fused-ring (bicyclic) bond motifs is 1. The molecular weight excluding hydrogens is 381 g/mol. The van der Waals surface area contributed by atoms with Crippen LogP contribution in [0.15, 0.2) is 47.5 Å². The fourth-order valence-electron chi connectivity index (χ4n) is 2.99. The molecule has 1 fully saturated rings. The molecule has 8 nitrogen and oxygen atoms in total. The minimum absolute atomic E-state index is 0.0786. The molecule has 4 amide bonds. The Kier molecular flexibility index (Phi) is 4.94. The van der Waals surface area contributed by atoms with Crippen LogP contribution in [-0.4, -0.2) is 35.8 Å². The quantitative estimate of drug-likeness (QED) is 0.615. The molecule has 0 aliphatic carbocycles. The number of nitrogens with one attached hydrogen (secondary N) is 1. The number of ether oxygens (including phenoxy) is 2. The maximum atomic E-state index is 13.0. The smallest absolute Gasteiger partial charge is 0.331 e. The minimum Gasteiger partial charge on any atom is -0.454 e. The van der Waals surface area contributed by atoms with E-state index in [9.17, 15) is 18.8 Å². The van der Waals surface area contributed by atoms with E-state index in [2.05, 4.69) is 10.3 Å². The van der Waals surface area contributed by atoms with E-state index in [0.717, 1.165) is 10.5 Å². The van der Waals surface area contributed by atoms with E-state index in [1.54, 1.807) is 18.2 Å². The summed E-state index contributed by atoms with van der Waals surface area (Å²) in [4.78, 5) is 41.9. The molecule has 2 aliphatic heterocycles. The summed E-state index contributed by atoms with van der Waals surface area (Å²) in [6.45, 7) is 0.307. The number of hydrogen-bond donors (Lipinski definition) is 1. The van der Waals surface area contributed by atoms with Crippen molar-refractivity contribution in [2.75, 3.05) is 6.79 Å². The third-order valence-corrected chi connectivity index (χ3v) is 4.51. The van der Waals surface area contributed by atoms with Crippen LogP contribution in [-0.2, 0) is 22.7 Å². The zero-order chi connectivity index (χ0) is 20.4. The zero-order valence-electron chi connectivity index (χ0n) is 15.1. The van der Waals surface area contributed by atoms with Crippen molar-refractivity contribution in [3.8, 4) is 11.5 Å². The molecule has 2 aromatic carbocycles. The summed E-state index contributed by atoms with van der Waals surface area (Å²) in [5.41, 5.74) is 1.37. The van der Waals surface area contributed by atoms with E-state index in [1.807, 2.05) is 0 Å².